The summed E-state index contributed by atoms with van der Waals surface area (Å²) in [6.07, 6.45) is 9.18. The highest BCUT2D eigenvalue weighted by Crippen LogP contribution is 2.06. The second-order valence-corrected chi connectivity index (χ2v) is 5.21. The number of aryl methyl sites for hydroxylation is 1. The monoisotopic (exact) mass is 295 g/mol. The van der Waals surface area contributed by atoms with Crippen molar-refractivity contribution < 1.29 is 4.52 Å². The van der Waals surface area contributed by atoms with Crippen molar-refractivity contribution in [3.63, 3.8) is 0 Å². The molecule has 0 aliphatic carbocycles. The molecule has 0 amide bonds. The van der Waals surface area contributed by atoms with Gasteiger partial charge in [0, 0.05) is 13.6 Å². The average molecular weight is 295 g/mol. The molecule has 120 valence electrons. The van der Waals surface area contributed by atoms with E-state index in [-0.39, 0.29) is 0 Å². The van der Waals surface area contributed by atoms with Crippen molar-refractivity contribution in [2.75, 3.05) is 13.6 Å². The molecule has 0 bridgehead atoms. The second-order valence-electron chi connectivity index (χ2n) is 5.21. The molecule has 0 unspecified atom stereocenters. The van der Waals surface area contributed by atoms with Crippen LogP contribution < -0.4 is 10.6 Å². The van der Waals surface area contributed by atoms with Crippen LogP contribution in [0, 0.1) is 6.92 Å². The third-order valence-electron chi connectivity index (χ3n) is 3.27. The van der Waals surface area contributed by atoms with Gasteiger partial charge in [0.1, 0.15) is 0 Å². The summed E-state index contributed by atoms with van der Waals surface area (Å²) in [7, 11) is 1.76. The van der Waals surface area contributed by atoms with Crippen LogP contribution in [0.2, 0.25) is 0 Å². The van der Waals surface area contributed by atoms with Crippen LogP contribution in [0.1, 0.15) is 63.6 Å². The zero-order valence-electron chi connectivity index (χ0n) is 13.6. The van der Waals surface area contributed by atoms with Gasteiger partial charge in [-0.05, 0) is 13.3 Å². The zero-order chi connectivity index (χ0) is 15.3. The highest BCUT2D eigenvalue weighted by atomic mass is 16.5. The van der Waals surface area contributed by atoms with Gasteiger partial charge in [0.05, 0.1) is 6.54 Å². The maximum Gasteiger partial charge on any atom is 0.246 e. The normalized spacial score (nSPS) is 11.7. The van der Waals surface area contributed by atoms with E-state index in [9.17, 15) is 0 Å². The molecule has 0 atom stereocenters. The molecule has 0 radical (unpaired) electrons. The molecule has 0 saturated heterocycles. The molecule has 1 aromatic heterocycles. The van der Waals surface area contributed by atoms with E-state index in [1.807, 2.05) is 0 Å². The van der Waals surface area contributed by atoms with E-state index in [0.717, 1.165) is 12.5 Å². The minimum atomic E-state index is 0.498. The highest BCUT2D eigenvalue weighted by Gasteiger charge is 2.03. The summed E-state index contributed by atoms with van der Waals surface area (Å²) < 4.78 is 5.04. The number of rotatable bonds is 10. The number of nitrogens with one attached hydrogen (secondary N) is 2. The molecule has 0 spiro atoms. The van der Waals surface area contributed by atoms with E-state index in [1.54, 1.807) is 14.0 Å². The summed E-state index contributed by atoms with van der Waals surface area (Å²) in [5, 5.41) is 10.2. The Labute approximate surface area is 127 Å². The highest BCUT2D eigenvalue weighted by molar-refractivity contribution is 5.79. The van der Waals surface area contributed by atoms with Crippen molar-refractivity contribution in [2.45, 2.75) is 65.3 Å². The molecular weight excluding hydrogens is 266 g/mol. The van der Waals surface area contributed by atoms with Crippen LogP contribution >= 0.6 is 0 Å². The summed E-state index contributed by atoms with van der Waals surface area (Å²) in [5.41, 5.74) is 0. The molecule has 6 heteroatoms. The lowest BCUT2D eigenvalue weighted by Crippen LogP contribution is -2.37. The lowest BCUT2D eigenvalue weighted by molar-refractivity contribution is 0.371. The van der Waals surface area contributed by atoms with Gasteiger partial charge in [-0.15, -0.1) is 0 Å². The first kappa shape index (κ1) is 17.5. The van der Waals surface area contributed by atoms with E-state index in [0.29, 0.717) is 18.3 Å². The Kier molecular flexibility index (Phi) is 9.24. The van der Waals surface area contributed by atoms with Crippen LogP contribution in [0.5, 0.6) is 0 Å². The Hall–Kier alpha value is -1.59. The number of nitrogens with zero attached hydrogens (tertiary/aromatic N) is 3. The number of aliphatic imine (C=N–C) groups is 1. The predicted molar refractivity (Wildman–Crippen MR) is 85.2 cm³/mol. The fourth-order valence-corrected chi connectivity index (χ4v) is 2.08. The summed E-state index contributed by atoms with van der Waals surface area (Å²) in [6, 6.07) is 0. The number of aromatic nitrogens is 2. The summed E-state index contributed by atoms with van der Waals surface area (Å²) >= 11 is 0. The van der Waals surface area contributed by atoms with Crippen molar-refractivity contribution in [3.8, 4) is 0 Å². The lowest BCUT2D eigenvalue weighted by atomic mass is 10.1. The number of guanidine groups is 1. The van der Waals surface area contributed by atoms with Gasteiger partial charge in [-0.2, -0.15) is 4.98 Å². The number of hydrogen-bond acceptors (Lipinski definition) is 4. The molecule has 1 heterocycles. The summed E-state index contributed by atoms with van der Waals surface area (Å²) in [4.78, 5) is 8.31. The van der Waals surface area contributed by atoms with Crippen LogP contribution in [0.25, 0.3) is 0 Å². The molecule has 0 saturated carbocycles. The first-order valence-electron chi connectivity index (χ1n) is 8.00. The van der Waals surface area contributed by atoms with Crippen molar-refractivity contribution in [3.05, 3.63) is 11.7 Å². The molecule has 0 aliphatic rings. The van der Waals surface area contributed by atoms with Crippen LogP contribution in [0.3, 0.4) is 0 Å². The standard InChI is InChI=1S/C15H29N5O/c1-4-5-6-7-8-9-10-11-17-15(16-3)18-12-14-19-13(2)20-21-14/h4-12H2,1-3H3,(H2,16,17,18). The van der Waals surface area contributed by atoms with Crippen molar-refractivity contribution in [1.82, 2.24) is 20.8 Å². The van der Waals surface area contributed by atoms with E-state index in [2.05, 4.69) is 32.7 Å². The maximum atomic E-state index is 5.04. The van der Waals surface area contributed by atoms with Gasteiger partial charge in [0.15, 0.2) is 11.8 Å². The predicted octanol–water partition coefficient (Wildman–Crippen LogP) is 2.79. The van der Waals surface area contributed by atoms with Gasteiger partial charge in [0.25, 0.3) is 0 Å². The Bertz CT molecular complexity index is 403. The smallest absolute Gasteiger partial charge is 0.246 e. The van der Waals surface area contributed by atoms with E-state index >= 15 is 0 Å². The molecule has 0 aromatic carbocycles. The lowest BCUT2D eigenvalue weighted by Gasteiger charge is -2.10. The van der Waals surface area contributed by atoms with Crippen LogP contribution in [-0.2, 0) is 6.54 Å². The molecule has 0 fully saturated rings. The maximum absolute atomic E-state index is 5.04. The van der Waals surface area contributed by atoms with Gasteiger partial charge >= 0.3 is 0 Å². The van der Waals surface area contributed by atoms with Gasteiger partial charge in [-0.1, -0.05) is 50.6 Å². The quantitative estimate of drug-likeness (QED) is 0.394. The minimum absolute atomic E-state index is 0.498. The van der Waals surface area contributed by atoms with Gasteiger partial charge < -0.3 is 15.2 Å². The Balaban J connectivity index is 2.04. The topological polar surface area (TPSA) is 75.3 Å². The molecular formula is C15H29N5O. The number of hydrogen-bond donors (Lipinski definition) is 2. The first-order chi connectivity index (χ1) is 10.3. The third kappa shape index (κ3) is 8.32. The average Bonchev–Trinajstić information content (AvgIpc) is 2.90. The van der Waals surface area contributed by atoms with E-state index in [1.165, 1.54) is 44.9 Å². The minimum Gasteiger partial charge on any atom is -0.356 e. The Morgan fingerprint density at radius 1 is 1.10 bits per heavy atom. The van der Waals surface area contributed by atoms with Crippen molar-refractivity contribution >= 4 is 5.96 Å². The molecule has 1 rings (SSSR count). The van der Waals surface area contributed by atoms with E-state index < -0.39 is 0 Å². The third-order valence-corrected chi connectivity index (χ3v) is 3.27. The van der Waals surface area contributed by atoms with Crippen molar-refractivity contribution in [2.24, 2.45) is 4.99 Å². The van der Waals surface area contributed by atoms with Crippen LogP contribution in [-0.4, -0.2) is 29.7 Å². The van der Waals surface area contributed by atoms with Crippen LogP contribution in [0.4, 0.5) is 0 Å². The van der Waals surface area contributed by atoms with Gasteiger partial charge in [0.2, 0.25) is 5.89 Å². The van der Waals surface area contributed by atoms with Crippen molar-refractivity contribution in [1.29, 1.82) is 0 Å². The molecule has 0 aliphatic heterocycles. The Morgan fingerprint density at radius 2 is 1.81 bits per heavy atom. The first-order valence-corrected chi connectivity index (χ1v) is 8.00. The fraction of sp³-hybridized carbons (Fsp3) is 0.800. The molecule has 6 nitrogen and oxygen atoms in total. The van der Waals surface area contributed by atoms with E-state index in [4.69, 9.17) is 4.52 Å². The van der Waals surface area contributed by atoms with Gasteiger partial charge in [-0.25, -0.2) is 0 Å². The zero-order valence-corrected chi connectivity index (χ0v) is 13.6. The fourth-order valence-electron chi connectivity index (χ4n) is 2.08. The molecule has 1 aromatic rings. The number of unbranched alkanes of at least 4 members (excludes halogenated alkanes) is 6. The Morgan fingerprint density at radius 3 is 2.43 bits per heavy atom. The molecule has 21 heavy (non-hydrogen) atoms. The van der Waals surface area contributed by atoms with Crippen LogP contribution in [0.15, 0.2) is 9.52 Å². The largest absolute Gasteiger partial charge is 0.356 e. The summed E-state index contributed by atoms with van der Waals surface area (Å²) in [6.45, 7) is 5.49. The SMILES string of the molecule is CCCCCCCCCNC(=NC)NCc1nc(C)no1. The molecule has 2 N–H and O–H groups in total. The second kappa shape index (κ2) is 11.1. The van der Waals surface area contributed by atoms with Gasteiger partial charge in [-0.3, -0.25) is 4.99 Å². The summed E-state index contributed by atoms with van der Waals surface area (Å²) in [5.74, 6) is 2.00.